The molecule has 0 saturated carbocycles. The van der Waals surface area contributed by atoms with E-state index >= 15 is 0 Å². The summed E-state index contributed by atoms with van der Waals surface area (Å²) in [5, 5.41) is 25.4. The van der Waals surface area contributed by atoms with Gasteiger partial charge in [0.2, 0.25) is 17.7 Å². The number of carbonyl (C=O) groups excluding carboxylic acids is 3. The average molecular weight is 501 g/mol. The number of nitrogens with zero attached hydrogens (tertiary/aromatic N) is 1. The third-order valence-corrected chi connectivity index (χ3v) is 5.61. The second-order valence-corrected chi connectivity index (χ2v) is 8.19. The van der Waals surface area contributed by atoms with Crippen molar-refractivity contribution in [2.75, 3.05) is 5.75 Å². The van der Waals surface area contributed by atoms with Crippen LogP contribution in [0.25, 0.3) is 0 Å². The Kier molecular flexibility index (Phi) is 12.1. The highest BCUT2D eigenvalue weighted by molar-refractivity contribution is 7.80. The fourth-order valence-corrected chi connectivity index (χ4v) is 3.12. The molecule has 0 saturated heterocycles. The summed E-state index contributed by atoms with van der Waals surface area (Å²) in [7, 11) is 0. The summed E-state index contributed by atoms with van der Waals surface area (Å²) in [4.78, 5) is 67.2. The Morgan fingerprint density at radius 3 is 2.15 bits per heavy atom. The second-order valence-electron chi connectivity index (χ2n) is 7.83. The monoisotopic (exact) mass is 500 g/mol. The largest absolute Gasteiger partial charge is 0.481 e. The highest BCUT2D eigenvalue weighted by atomic mass is 32.1. The highest BCUT2D eigenvalue weighted by Crippen LogP contribution is 2.08. The Morgan fingerprint density at radius 1 is 1.06 bits per heavy atom. The van der Waals surface area contributed by atoms with E-state index in [2.05, 4.69) is 38.5 Å². The summed E-state index contributed by atoms with van der Waals surface area (Å²) in [6, 6.07) is -4.74. The molecule has 0 bridgehead atoms. The van der Waals surface area contributed by atoms with Crippen LogP contribution < -0.4 is 21.7 Å². The van der Waals surface area contributed by atoms with Gasteiger partial charge < -0.3 is 36.9 Å². The standard InChI is InChI=1S/C20H32N6O7S/c1-3-10(2)16(21)19(31)24-12(4-5-15(27)28)17(29)25-13(6-11-7-22-9-23-11)18(30)26-14(8-34)20(32)33/h7,9-10,12-14,16,34H,3-6,8,21H2,1-2H3,(H,22,23)(H,24,31)(H,25,29)(H,26,30)(H,27,28)(H,32,33). The summed E-state index contributed by atoms with van der Waals surface area (Å²) in [6.45, 7) is 3.61. The van der Waals surface area contributed by atoms with E-state index in [0.29, 0.717) is 12.1 Å². The molecule has 5 unspecified atom stereocenters. The second kappa shape index (κ2) is 14.2. The van der Waals surface area contributed by atoms with Crippen molar-refractivity contribution in [1.29, 1.82) is 0 Å². The molecule has 1 rings (SSSR count). The van der Waals surface area contributed by atoms with Gasteiger partial charge in [0.1, 0.15) is 18.1 Å². The van der Waals surface area contributed by atoms with Gasteiger partial charge in [-0.1, -0.05) is 20.3 Å². The zero-order valence-electron chi connectivity index (χ0n) is 19.0. The van der Waals surface area contributed by atoms with Gasteiger partial charge in [0.25, 0.3) is 0 Å². The van der Waals surface area contributed by atoms with Crippen LogP contribution in [0.2, 0.25) is 0 Å². The minimum atomic E-state index is -1.31. The number of carbonyl (C=O) groups is 5. The Bertz CT molecular complexity index is 850. The first kappa shape index (κ1) is 28.9. The maximum Gasteiger partial charge on any atom is 0.327 e. The Balaban J connectivity index is 3.06. The van der Waals surface area contributed by atoms with Gasteiger partial charge in [-0.05, 0) is 12.3 Å². The minimum absolute atomic E-state index is 0.0670. The molecule has 5 atom stereocenters. The van der Waals surface area contributed by atoms with Gasteiger partial charge in [-0.2, -0.15) is 12.6 Å². The van der Waals surface area contributed by atoms with Gasteiger partial charge >= 0.3 is 11.9 Å². The molecule has 13 nitrogen and oxygen atoms in total. The number of amides is 3. The first-order chi connectivity index (χ1) is 16.0. The van der Waals surface area contributed by atoms with Crippen LogP contribution in [-0.2, 0) is 30.4 Å². The van der Waals surface area contributed by atoms with Crippen LogP contribution in [0.15, 0.2) is 12.5 Å². The molecular formula is C20H32N6O7S. The van der Waals surface area contributed by atoms with Gasteiger partial charge in [-0.15, -0.1) is 0 Å². The van der Waals surface area contributed by atoms with Crippen molar-refractivity contribution < 1.29 is 34.2 Å². The van der Waals surface area contributed by atoms with Crippen molar-refractivity contribution in [3.63, 3.8) is 0 Å². The SMILES string of the molecule is CCC(C)C(N)C(=O)NC(CCC(=O)O)C(=O)NC(Cc1cnc[nH]1)C(=O)NC(CS)C(=O)O. The van der Waals surface area contributed by atoms with Crippen LogP contribution in [0.5, 0.6) is 0 Å². The van der Waals surface area contributed by atoms with Crippen molar-refractivity contribution >= 4 is 42.3 Å². The molecule has 0 aliphatic carbocycles. The van der Waals surface area contributed by atoms with Gasteiger partial charge in [0, 0.05) is 30.5 Å². The number of thiol groups is 1. The third kappa shape index (κ3) is 9.39. The van der Waals surface area contributed by atoms with E-state index in [1.54, 1.807) is 6.92 Å². The lowest BCUT2D eigenvalue weighted by molar-refractivity contribution is -0.141. The Morgan fingerprint density at radius 2 is 1.65 bits per heavy atom. The quantitative estimate of drug-likeness (QED) is 0.133. The molecule has 34 heavy (non-hydrogen) atoms. The zero-order valence-corrected chi connectivity index (χ0v) is 19.9. The minimum Gasteiger partial charge on any atom is -0.481 e. The number of aromatic nitrogens is 2. The number of H-pyrrole nitrogens is 1. The molecule has 1 aromatic heterocycles. The summed E-state index contributed by atoms with van der Waals surface area (Å²) in [6.07, 6.45) is 2.67. The van der Waals surface area contributed by atoms with Gasteiger partial charge in [-0.3, -0.25) is 19.2 Å². The predicted molar refractivity (Wildman–Crippen MR) is 124 cm³/mol. The summed E-state index contributed by atoms with van der Waals surface area (Å²) in [5.74, 6) is -5.10. The van der Waals surface area contributed by atoms with Gasteiger partial charge in [0.15, 0.2) is 0 Å². The number of imidazole rings is 1. The molecule has 8 N–H and O–H groups in total. The molecule has 3 amide bonds. The van der Waals surface area contributed by atoms with Crippen molar-refractivity contribution in [2.24, 2.45) is 11.7 Å². The molecule has 0 spiro atoms. The van der Waals surface area contributed by atoms with E-state index in [0.717, 1.165) is 0 Å². The maximum absolute atomic E-state index is 13.0. The lowest BCUT2D eigenvalue weighted by Crippen LogP contribution is -2.58. The molecule has 0 aromatic carbocycles. The molecule has 0 aliphatic heterocycles. The van der Waals surface area contributed by atoms with Crippen molar-refractivity contribution in [1.82, 2.24) is 25.9 Å². The Hall–Kier alpha value is -3.13. The molecule has 0 fully saturated rings. The Labute approximate surface area is 202 Å². The third-order valence-electron chi connectivity index (χ3n) is 5.25. The van der Waals surface area contributed by atoms with Crippen LogP contribution in [0.4, 0.5) is 0 Å². The van der Waals surface area contributed by atoms with E-state index in [4.69, 9.17) is 10.8 Å². The van der Waals surface area contributed by atoms with Crippen molar-refractivity contribution in [3.8, 4) is 0 Å². The molecule has 14 heteroatoms. The van der Waals surface area contributed by atoms with Crippen LogP contribution in [0.3, 0.4) is 0 Å². The summed E-state index contributed by atoms with van der Waals surface area (Å²) < 4.78 is 0. The lowest BCUT2D eigenvalue weighted by Gasteiger charge is -2.25. The average Bonchev–Trinajstić information content (AvgIpc) is 3.30. The smallest absolute Gasteiger partial charge is 0.327 e. The normalized spacial score (nSPS) is 15.3. The van der Waals surface area contributed by atoms with Crippen LogP contribution in [0, 0.1) is 5.92 Å². The fourth-order valence-electron chi connectivity index (χ4n) is 2.87. The number of hydrogen-bond acceptors (Lipinski definition) is 8. The topological polar surface area (TPSA) is 217 Å². The van der Waals surface area contributed by atoms with Crippen LogP contribution >= 0.6 is 12.6 Å². The number of aliphatic carboxylic acids is 2. The first-order valence-electron chi connectivity index (χ1n) is 10.7. The van der Waals surface area contributed by atoms with Crippen molar-refractivity contribution in [2.45, 2.75) is 63.7 Å². The maximum atomic E-state index is 13.0. The summed E-state index contributed by atoms with van der Waals surface area (Å²) in [5.41, 5.74) is 6.39. The molecule has 0 aliphatic rings. The number of nitrogens with two attached hydrogens (primary N) is 1. The van der Waals surface area contributed by atoms with E-state index in [-0.39, 0.29) is 24.5 Å². The number of nitrogens with one attached hydrogen (secondary N) is 4. The van der Waals surface area contributed by atoms with E-state index in [1.807, 2.05) is 6.92 Å². The van der Waals surface area contributed by atoms with Crippen molar-refractivity contribution in [3.05, 3.63) is 18.2 Å². The number of hydrogen-bond donors (Lipinski definition) is 8. The zero-order chi connectivity index (χ0) is 25.8. The lowest BCUT2D eigenvalue weighted by atomic mass is 9.98. The van der Waals surface area contributed by atoms with Gasteiger partial charge in [0.05, 0.1) is 12.4 Å². The predicted octanol–water partition coefficient (Wildman–Crippen LogP) is -1.34. The summed E-state index contributed by atoms with van der Waals surface area (Å²) >= 11 is 3.90. The number of rotatable bonds is 15. The fraction of sp³-hybridized carbons (Fsp3) is 0.600. The molecule has 190 valence electrons. The van der Waals surface area contributed by atoms with E-state index in [1.165, 1.54) is 12.5 Å². The van der Waals surface area contributed by atoms with Gasteiger partial charge in [-0.25, -0.2) is 9.78 Å². The molecule has 1 heterocycles. The first-order valence-corrected chi connectivity index (χ1v) is 11.3. The van der Waals surface area contributed by atoms with Crippen LogP contribution in [0.1, 0.15) is 38.8 Å². The molecular weight excluding hydrogens is 468 g/mol. The number of carboxylic acids is 2. The van der Waals surface area contributed by atoms with E-state index in [9.17, 15) is 29.1 Å². The number of aromatic amines is 1. The highest BCUT2D eigenvalue weighted by Gasteiger charge is 2.31. The molecule has 1 aromatic rings. The van der Waals surface area contributed by atoms with E-state index < -0.39 is 60.2 Å². The van der Waals surface area contributed by atoms with Crippen LogP contribution in [-0.4, -0.2) is 79.8 Å². The molecule has 0 radical (unpaired) electrons. The number of carboxylic acid groups (broad SMARTS) is 2.